The fourth-order valence-electron chi connectivity index (χ4n) is 1.63. The van der Waals surface area contributed by atoms with Gasteiger partial charge in [-0.05, 0) is 31.6 Å². The highest BCUT2D eigenvalue weighted by Crippen LogP contribution is 2.21. The summed E-state index contributed by atoms with van der Waals surface area (Å²) in [5, 5.41) is 0. The summed E-state index contributed by atoms with van der Waals surface area (Å²) in [7, 11) is 0. The van der Waals surface area contributed by atoms with Gasteiger partial charge in [0.2, 0.25) is 0 Å². The Kier molecular flexibility index (Phi) is 4.25. The molecule has 2 heteroatoms. The Morgan fingerprint density at radius 3 is 2.20 bits per heavy atom. The minimum absolute atomic E-state index is 0.516. The lowest BCUT2D eigenvalue weighted by Crippen LogP contribution is -2.05. The lowest BCUT2D eigenvalue weighted by atomic mass is 10.0. The van der Waals surface area contributed by atoms with Crippen molar-refractivity contribution in [2.24, 2.45) is 0 Å². The largest absolute Gasteiger partial charge is 0.257 e. The summed E-state index contributed by atoms with van der Waals surface area (Å²) in [5.74, 6) is 1.03. The molecule has 0 bridgehead atoms. The highest BCUT2D eigenvalue weighted by Gasteiger charge is 2.12. The predicted molar refractivity (Wildman–Crippen MR) is 64.2 cm³/mol. The molecule has 0 saturated carbocycles. The maximum absolute atomic E-state index is 4.65. The third kappa shape index (κ3) is 2.77. The van der Waals surface area contributed by atoms with Gasteiger partial charge in [0.05, 0.1) is 17.1 Å². The first-order chi connectivity index (χ1) is 7.10. The molecule has 2 atom stereocenters. The van der Waals surface area contributed by atoms with Gasteiger partial charge in [0.15, 0.2) is 0 Å². The highest BCUT2D eigenvalue weighted by atomic mass is 14.8. The molecule has 0 aliphatic rings. The van der Waals surface area contributed by atoms with Crippen LogP contribution in [0.2, 0.25) is 0 Å². The van der Waals surface area contributed by atoms with Crippen LogP contribution in [0.3, 0.4) is 0 Å². The molecule has 2 nitrogen and oxygen atoms in total. The van der Waals surface area contributed by atoms with E-state index in [0.29, 0.717) is 11.8 Å². The molecule has 2 unspecified atom stereocenters. The van der Waals surface area contributed by atoms with Gasteiger partial charge in [0.25, 0.3) is 0 Å². The van der Waals surface area contributed by atoms with Crippen LogP contribution in [0.5, 0.6) is 0 Å². The standard InChI is InChI=1S/C13H22N2/c1-6-9(3)12-8-14-13(10(4)7-2)11(5)15-12/h8-10H,6-7H2,1-5H3. The summed E-state index contributed by atoms with van der Waals surface area (Å²) in [4.78, 5) is 9.21. The van der Waals surface area contributed by atoms with Crippen molar-refractivity contribution >= 4 is 0 Å². The maximum Gasteiger partial charge on any atom is 0.0644 e. The van der Waals surface area contributed by atoms with E-state index < -0.39 is 0 Å². The Labute approximate surface area is 93.2 Å². The zero-order valence-corrected chi connectivity index (χ0v) is 10.5. The van der Waals surface area contributed by atoms with E-state index in [1.807, 2.05) is 6.20 Å². The lowest BCUT2D eigenvalue weighted by molar-refractivity contribution is 0.663. The molecule has 0 aliphatic carbocycles. The van der Waals surface area contributed by atoms with Crippen molar-refractivity contribution in [2.75, 3.05) is 0 Å². The smallest absolute Gasteiger partial charge is 0.0644 e. The van der Waals surface area contributed by atoms with Crippen molar-refractivity contribution in [1.82, 2.24) is 9.97 Å². The van der Waals surface area contributed by atoms with Crippen LogP contribution in [-0.2, 0) is 0 Å². The zero-order valence-electron chi connectivity index (χ0n) is 10.5. The molecule has 1 aromatic rings. The molecule has 15 heavy (non-hydrogen) atoms. The second kappa shape index (κ2) is 5.24. The average Bonchev–Trinajstić information content (AvgIpc) is 2.26. The Morgan fingerprint density at radius 2 is 1.73 bits per heavy atom. The molecule has 1 heterocycles. The lowest BCUT2D eigenvalue weighted by Gasteiger charge is -2.14. The minimum atomic E-state index is 0.516. The van der Waals surface area contributed by atoms with Crippen LogP contribution in [-0.4, -0.2) is 9.97 Å². The SMILES string of the molecule is CCC(C)c1cnc(C(C)CC)c(C)n1. The first kappa shape index (κ1) is 12.2. The first-order valence-electron chi connectivity index (χ1n) is 5.93. The number of aryl methyl sites for hydroxylation is 1. The van der Waals surface area contributed by atoms with E-state index in [1.165, 1.54) is 0 Å². The summed E-state index contributed by atoms with van der Waals surface area (Å²) in [6.45, 7) is 10.9. The molecular weight excluding hydrogens is 184 g/mol. The maximum atomic E-state index is 4.65. The Morgan fingerprint density at radius 1 is 1.13 bits per heavy atom. The monoisotopic (exact) mass is 206 g/mol. The average molecular weight is 206 g/mol. The van der Waals surface area contributed by atoms with Gasteiger partial charge in [0, 0.05) is 6.20 Å². The van der Waals surface area contributed by atoms with Crippen LogP contribution in [0.25, 0.3) is 0 Å². The van der Waals surface area contributed by atoms with Crippen LogP contribution in [0, 0.1) is 6.92 Å². The number of hydrogen-bond acceptors (Lipinski definition) is 2. The van der Waals surface area contributed by atoms with E-state index in [1.54, 1.807) is 0 Å². The van der Waals surface area contributed by atoms with Crippen LogP contribution in [0.4, 0.5) is 0 Å². The highest BCUT2D eigenvalue weighted by molar-refractivity contribution is 5.17. The summed E-state index contributed by atoms with van der Waals surface area (Å²) in [6, 6.07) is 0. The number of aromatic nitrogens is 2. The predicted octanol–water partition coefficient (Wildman–Crippen LogP) is 3.81. The molecule has 0 N–H and O–H groups in total. The summed E-state index contributed by atoms with van der Waals surface area (Å²) in [5.41, 5.74) is 3.38. The van der Waals surface area contributed by atoms with Crippen molar-refractivity contribution in [3.63, 3.8) is 0 Å². The van der Waals surface area contributed by atoms with Gasteiger partial charge in [-0.15, -0.1) is 0 Å². The zero-order chi connectivity index (χ0) is 11.4. The van der Waals surface area contributed by atoms with Crippen LogP contribution >= 0.6 is 0 Å². The summed E-state index contributed by atoms with van der Waals surface area (Å²) < 4.78 is 0. The van der Waals surface area contributed by atoms with Crippen LogP contribution < -0.4 is 0 Å². The van der Waals surface area contributed by atoms with Crippen molar-refractivity contribution in [2.45, 2.75) is 59.3 Å². The third-order valence-corrected chi connectivity index (χ3v) is 3.20. The third-order valence-electron chi connectivity index (χ3n) is 3.20. The van der Waals surface area contributed by atoms with E-state index in [2.05, 4.69) is 44.6 Å². The number of hydrogen-bond donors (Lipinski definition) is 0. The van der Waals surface area contributed by atoms with E-state index >= 15 is 0 Å². The Bertz CT molecular complexity index is 320. The molecule has 0 amide bonds. The Hall–Kier alpha value is -0.920. The van der Waals surface area contributed by atoms with Crippen LogP contribution in [0.15, 0.2) is 6.20 Å². The van der Waals surface area contributed by atoms with Gasteiger partial charge in [-0.2, -0.15) is 0 Å². The van der Waals surface area contributed by atoms with Gasteiger partial charge in [-0.25, -0.2) is 0 Å². The molecule has 84 valence electrons. The van der Waals surface area contributed by atoms with E-state index in [4.69, 9.17) is 0 Å². The minimum Gasteiger partial charge on any atom is -0.257 e. The van der Waals surface area contributed by atoms with E-state index in [-0.39, 0.29) is 0 Å². The molecule has 0 aromatic carbocycles. The fraction of sp³-hybridized carbons (Fsp3) is 0.692. The van der Waals surface area contributed by atoms with Gasteiger partial charge < -0.3 is 0 Å². The van der Waals surface area contributed by atoms with Gasteiger partial charge in [-0.1, -0.05) is 27.7 Å². The van der Waals surface area contributed by atoms with E-state index in [0.717, 1.165) is 29.9 Å². The number of rotatable bonds is 4. The van der Waals surface area contributed by atoms with Gasteiger partial charge >= 0.3 is 0 Å². The van der Waals surface area contributed by atoms with E-state index in [9.17, 15) is 0 Å². The molecule has 1 rings (SSSR count). The molecule has 0 fully saturated rings. The summed E-state index contributed by atoms with van der Waals surface area (Å²) >= 11 is 0. The molecule has 0 saturated heterocycles. The van der Waals surface area contributed by atoms with Crippen molar-refractivity contribution in [1.29, 1.82) is 0 Å². The molecule has 0 spiro atoms. The number of nitrogens with zero attached hydrogens (tertiary/aromatic N) is 2. The fourth-order valence-corrected chi connectivity index (χ4v) is 1.63. The topological polar surface area (TPSA) is 25.8 Å². The van der Waals surface area contributed by atoms with Crippen LogP contribution in [0.1, 0.15) is 69.5 Å². The molecular formula is C13H22N2. The van der Waals surface area contributed by atoms with Crippen molar-refractivity contribution in [3.05, 3.63) is 23.3 Å². The Balaban J connectivity index is 2.97. The molecule has 0 radical (unpaired) electrons. The van der Waals surface area contributed by atoms with Gasteiger partial charge in [-0.3, -0.25) is 9.97 Å². The second-order valence-corrected chi connectivity index (χ2v) is 4.38. The molecule has 0 aliphatic heterocycles. The summed E-state index contributed by atoms with van der Waals surface area (Å²) in [6.07, 6.45) is 4.19. The van der Waals surface area contributed by atoms with Gasteiger partial charge in [0.1, 0.15) is 0 Å². The first-order valence-corrected chi connectivity index (χ1v) is 5.93. The second-order valence-electron chi connectivity index (χ2n) is 4.38. The normalized spacial score (nSPS) is 15.0. The van der Waals surface area contributed by atoms with Crippen molar-refractivity contribution in [3.8, 4) is 0 Å². The molecule has 1 aromatic heterocycles. The van der Waals surface area contributed by atoms with Crippen molar-refractivity contribution < 1.29 is 0 Å². The quantitative estimate of drug-likeness (QED) is 0.748.